The fourth-order valence-electron chi connectivity index (χ4n) is 3.04. The molecule has 3 atom stereocenters. The predicted octanol–water partition coefficient (Wildman–Crippen LogP) is 3.15. The average molecular weight is 309 g/mol. The summed E-state index contributed by atoms with van der Waals surface area (Å²) in [6, 6.07) is 0.856. The summed E-state index contributed by atoms with van der Waals surface area (Å²) in [7, 11) is 0. The highest BCUT2D eigenvalue weighted by molar-refractivity contribution is 7.09. The number of nitrogens with one attached hydrogen (secondary N) is 1. The van der Waals surface area contributed by atoms with E-state index in [1.54, 1.807) is 11.3 Å². The number of hydrogen-bond donors (Lipinski definition) is 1. The smallest absolute Gasteiger partial charge is 0.237 e. The van der Waals surface area contributed by atoms with Gasteiger partial charge in [-0.3, -0.25) is 4.79 Å². The second-order valence-electron chi connectivity index (χ2n) is 6.05. The summed E-state index contributed by atoms with van der Waals surface area (Å²) in [5.74, 6) is 0.215. The highest BCUT2D eigenvalue weighted by atomic mass is 32.1. The lowest BCUT2D eigenvalue weighted by Gasteiger charge is -2.39. The predicted molar refractivity (Wildman–Crippen MR) is 87.5 cm³/mol. The van der Waals surface area contributed by atoms with Gasteiger partial charge in [-0.1, -0.05) is 6.92 Å². The van der Waals surface area contributed by atoms with E-state index in [-0.39, 0.29) is 11.9 Å². The first-order valence-corrected chi connectivity index (χ1v) is 8.89. The van der Waals surface area contributed by atoms with Crippen molar-refractivity contribution in [2.45, 2.75) is 71.5 Å². The summed E-state index contributed by atoms with van der Waals surface area (Å²) in [6.45, 7) is 8.90. The van der Waals surface area contributed by atoms with E-state index in [4.69, 9.17) is 0 Å². The van der Waals surface area contributed by atoms with Crippen LogP contribution in [0.3, 0.4) is 0 Å². The number of carbonyl (C=O) groups is 1. The van der Waals surface area contributed by atoms with Crippen molar-refractivity contribution in [3.63, 3.8) is 0 Å². The summed E-state index contributed by atoms with van der Waals surface area (Å²) in [6.07, 6.45) is 4.45. The number of carbonyl (C=O) groups excluding carboxylic acids is 1. The van der Waals surface area contributed by atoms with Crippen LogP contribution >= 0.6 is 11.3 Å². The zero-order valence-corrected chi connectivity index (χ0v) is 14.4. The minimum Gasteiger partial charge on any atom is -0.336 e. The molecule has 4 nitrogen and oxygen atoms in total. The van der Waals surface area contributed by atoms with Gasteiger partial charge < -0.3 is 10.2 Å². The molecule has 1 aliphatic rings. The number of aryl methyl sites for hydroxylation is 1. The first-order chi connectivity index (χ1) is 10.0. The maximum absolute atomic E-state index is 12.5. The Morgan fingerprint density at radius 2 is 2.14 bits per heavy atom. The number of hydrogen-bond acceptors (Lipinski definition) is 4. The summed E-state index contributed by atoms with van der Waals surface area (Å²) in [5.41, 5.74) is 1.05. The van der Waals surface area contributed by atoms with Crippen LogP contribution in [0.2, 0.25) is 0 Å². The fourth-order valence-corrected chi connectivity index (χ4v) is 3.87. The Hall–Kier alpha value is -0.940. The first-order valence-electron chi connectivity index (χ1n) is 8.01. The van der Waals surface area contributed by atoms with Crippen LogP contribution in [-0.2, 0) is 11.2 Å². The summed E-state index contributed by atoms with van der Waals surface area (Å²) in [4.78, 5) is 19.1. The van der Waals surface area contributed by atoms with Crippen LogP contribution < -0.4 is 5.32 Å². The van der Waals surface area contributed by atoms with Gasteiger partial charge in [-0.05, 0) is 46.5 Å². The number of piperidine rings is 1. The van der Waals surface area contributed by atoms with E-state index in [9.17, 15) is 4.79 Å². The summed E-state index contributed by atoms with van der Waals surface area (Å²) < 4.78 is 0. The Kier molecular flexibility index (Phi) is 5.76. The van der Waals surface area contributed by atoms with Gasteiger partial charge in [0.1, 0.15) is 0 Å². The Morgan fingerprint density at radius 1 is 1.48 bits per heavy atom. The van der Waals surface area contributed by atoms with Crippen LogP contribution in [0, 0.1) is 0 Å². The lowest BCUT2D eigenvalue weighted by molar-refractivity contribution is -0.136. The molecule has 21 heavy (non-hydrogen) atoms. The van der Waals surface area contributed by atoms with Crippen molar-refractivity contribution in [1.29, 1.82) is 0 Å². The molecule has 0 aliphatic carbocycles. The lowest BCUT2D eigenvalue weighted by atomic mass is 9.97. The second kappa shape index (κ2) is 7.36. The monoisotopic (exact) mass is 309 g/mol. The molecule has 2 rings (SSSR count). The number of rotatable bonds is 5. The molecule has 1 aromatic heterocycles. The van der Waals surface area contributed by atoms with Gasteiger partial charge >= 0.3 is 0 Å². The fraction of sp³-hybridized carbons (Fsp3) is 0.750. The van der Waals surface area contributed by atoms with E-state index < -0.39 is 0 Å². The number of likely N-dealkylation sites (tertiary alicyclic amines) is 1. The standard InChI is InChI=1S/C16H27N3OS/c1-5-15-18-14(10-21-15)13(4)17-9-16(20)19-11(2)7-6-8-12(19)3/h10-13,17H,5-9H2,1-4H3/t11-,12-,13-/m0/s1. The number of nitrogens with zero attached hydrogens (tertiary/aromatic N) is 2. The van der Waals surface area contributed by atoms with Gasteiger partial charge in [0.05, 0.1) is 17.2 Å². The average Bonchev–Trinajstić information content (AvgIpc) is 2.93. The molecular formula is C16H27N3OS. The van der Waals surface area contributed by atoms with Crippen molar-refractivity contribution >= 4 is 17.2 Å². The van der Waals surface area contributed by atoms with Crippen molar-refractivity contribution in [2.75, 3.05) is 6.54 Å². The van der Waals surface area contributed by atoms with Crippen molar-refractivity contribution in [3.05, 3.63) is 16.1 Å². The number of thiazole rings is 1. The van der Waals surface area contributed by atoms with Gasteiger partial charge in [0.15, 0.2) is 0 Å². The molecule has 1 N–H and O–H groups in total. The minimum absolute atomic E-state index is 0.126. The van der Waals surface area contributed by atoms with Crippen molar-refractivity contribution in [2.24, 2.45) is 0 Å². The molecule has 1 aromatic rings. The van der Waals surface area contributed by atoms with E-state index >= 15 is 0 Å². The van der Waals surface area contributed by atoms with E-state index in [0.29, 0.717) is 18.6 Å². The van der Waals surface area contributed by atoms with E-state index in [0.717, 1.165) is 30.0 Å². The van der Waals surface area contributed by atoms with Gasteiger partial charge in [-0.2, -0.15) is 0 Å². The van der Waals surface area contributed by atoms with E-state index in [2.05, 4.69) is 48.3 Å². The molecule has 1 fully saturated rings. The van der Waals surface area contributed by atoms with Gasteiger partial charge in [0.2, 0.25) is 5.91 Å². The van der Waals surface area contributed by atoms with Gasteiger partial charge in [0, 0.05) is 23.5 Å². The Balaban J connectivity index is 1.88. The van der Waals surface area contributed by atoms with Gasteiger partial charge in [-0.15, -0.1) is 11.3 Å². The highest BCUT2D eigenvalue weighted by Gasteiger charge is 2.28. The van der Waals surface area contributed by atoms with Crippen LogP contribution in [0.15, 0.2) is 5.38 Å². The molecule has 1 saturated heterocycles. The molecule has 0 saturated carbocycles. The van der Waals surface area contributed by atoms with Gasteiger partial charge in [-0.25, -0.2) is 4.98 Å². The van der Waals surface area contributed by atoms with Crippen molar-refractivity contribution in [3.8, 4) is 0 Å². The van der Waals surface area contributed by atoms with E-state index in [1.807, 2.05) is 0 Å². The SMILES string of the molecule is CCc1nc([C@H](C)NCC(=O)N2[C@@H](C)CCC[C@@H]2C)cs1. The quantitative estimate of drug-likeness (QED) is 0.909. The summed E-state index contributed by atoms with van der Waals surface area (Å²) in [5, 5.41) is 6.57. The zero-order valence-electron chi connectivity index (χ0n) is 13.6. The molecule has 2 heterocycles. The normalized spacial score (nSPS) is 24.1. The van der Waals surface area contributed by atoms with Crippen LogP contribution in [0.25, 0.3) is 0 Å². The largest absolute Gasteiger partial charge is 0.336 e. The number of aromatic nitrogens is 1. The van der Waals surface area contributed by atoms with Crippen LogP contribution in [0.5, 0.6) is 0 Å². The first kappa shape index (κ1) is 16.4. The molecule has 0 bridgehead atoms. The van der Waals surface area contributed by atoms with Crippen LogP contribution in [-0.4, -0.2) is 34.4 Å². The third-order valence-corrected chi connectivity index (χ3v) is 5.37. The molecule has 118 valence electrons. The Bertz CT molecular complexity index is 464. The number of amides is 1. The minimum atomic E-state index is 0.126. The molecule has 5 heteroatoms. The van der Waals surface area contributed by atoms with E-state index in [1.165, 1.54) is 6.42 Å². The highest BCUT2D eigenvalue weighted by Crippen LogP contribution is 2.22. The third kappa shape index (κ3) is 4.04. The van der Waals surface area contributed by atoms with Crippen LogP contribution in [0.1, 0.15) is 63.7 Å². The van der Waals surface area contributed by atoms with Gasteiger partial charge in [0.25, 0.3) is 0 Å². The van der Waals surface area contributed by atoms with Crippen LogP contribution in [0.4, 0.5) is 0 Å². The molecular weight excluding hydrogens is 282 g/mol. The topological polar surface area (TPSA) is 45.2 Å². The second-order valence-corrected chi connectivity index (χ2v) is 6.99. The molecule has 0 aromatic carbocycles. The lowest BCUT2D eigenvalue weighted by Crippen LogP contribution is -2.50. The molecule has 0 spiro atoms. The molecule has 0 unspecified atom stereocenters. The molecule has 1 amide bonds. The summed E-state index contributed by atoms with van der Waals surface area (Å²) >= 11 is 1.69. The van der Waals surface area contributed by atoms with Crippen molar-refractivity contribution in [1.82, 2.24) is 15.2 Å². The molecule has 0 radical (unpaired) electrons. The maximum atomic E-state index is 12.5. The zero-order chi connectivity index (χ0) is 15.4. The van der Waals surface area contributed by atoms with Crippen molar-refractivity contribution < 1.29 is 4.79 Å². The molecule has 1 aliphatic heterocycles. The maximum Gasteiger partial charge on any atom is 0.237 e. The Labute approximate surface area is 132 Å². The third-order valence-electron chi connectivity index (χ3n) is 4.36. The Morgan fingerprint density at radius 3 is 2.71 bits per heavy atom.